The van der Waals surface area contributed by atoms with Crippen molar-refractivity contribution in [3.8, 4) is 0 Å². The van der Waals surface area contributed by atoms with E-state index in [-0.39, 0.29) is 5.54 Å². The van der Waals surface area contributed by atoms with Gasteiger partial charge in [-0.15, -0.1) is 0 Å². The first kappa shape index (κ1) is 16.8. The molecule has 1 N–H and O–H groups in total. The van der Waals surface area contributed by atoms with E-state index in [0.29, 0.717) is 6.04 Å². The van der Waals surface area contributed by atoms with E-state index in [2.05, 4.69) is 49.2 Å². The predicted molar refractivity (Wildman–Crippen MR) is 92.0 cm³/mol. The molecule has 2 nitrogen and oxygen atoms in total. The number of nitrogens with zero attached hydrogens (tertiary/aromatic N) is 1. The van der Waals surface area contributed by atoms with Crippen LogP contribution in [0.1, 0.15) is 58.1 Å². The average molecular weight is 309 g/mol. The van der Waals surface area contributed by atoms with Crippen LogP contribution in [0.15, 0.2) is 24.3 Å². The van der Waals surface area contributed by atoms with Gasteiger partial charge in [0, 0.05) is 10.6 Å². The van der Waals surface area contributed by atoms with Crippen molar-refractivity contribution in [1.82, 2.24) is 10.2 Å². The highest BCUT2D eigenvalue weighted by Crippen LogP contribution is 2.39. The van der Waals surface area contributed by atoms with Gasteiger partial charge in [-0.2, -0.15) is 0 Å². The third kappa shape index (κ3) is 3.44. The largest absolute Gasteiger partial charge is 0.309 e. The summed E-state index contributed by atoms with van der Waals surface area (Å²) in [4.78, 5) is 2.71. The number of halogens is 1. The topological polar surface area (TPSA) is 15.3 Å². The van der Waals surface area contributed by atoms with E-state index >= 15 is 0 Å². The summed E-state index contributed by atoms with van der Waals surface area (Å²) in [6.45, 7) is 10.3. The van der Waals surface area contributed by atoms with Crippen molar-refractivity contribution < 1.29 is 0 Å². The molecule has 1 atom stereocenters. The SMILES string of the molecule is CCNC(c1cccc(Cl)c1)C(CC)(CC)N1CCCC1. The molecule has 1 fully saturated rings. The highest BCUT2D eigenvalue weighted by Gasteiger charge is 2.42. The van der Waals surface area contributed by atoms with Crippen molar-refractivity contribution in [2.24, 2.45) is 0 Å². The second-order valence-corrected chi connectivity index (χ2v) is 6.49. The van der Waals surface area contributed by atoms with E-state index in [0.717, 1.165) is 24.4 Å². The maximum atomic E-state index is 6.24. The molecule has 0 amide bonds. The molecule has 0 bridgehead atoms. The van der Waals surface area contributed by atoms with Gasteiger partial charge >= 0.3 is 0 Å². The first-order valence-corrected chi connectivity index (χ1v) is 8.79. The van der Waals surface area contributed by atoms with E-state index < -0.39 is 0 Å². The lowest BCUT2D eigenvalue weighted by Gasteiger charge is -2.47. The van der Waals surface area contributed by atoms with E-state index in [4.69, 9.17) is 11.6 Å². The lowest BCUT2D eigenvalue weighted by atomic mass is 9.79. The van der Waals surface area contributed by atoms with E-state index in [1.54, 1.807) is 0 Å². The van der Waals surface area contributed by atoms with Crippen molar-refractivity contribution in [3.63, 3.8) is 0 Å². The monoisotopic (exact) mass is 308 g/mol. The molecule has 1 aromatic rings. The molecule has 2 rings (SSSR count). The Kier molecular flexibility index (Phi) is 6.09. The van der Waals surface area contributed by atoms with Gasteiger partial charge in [0.15, 0.2) is 0 Å². The quantitative estimate of drug-likeness (QED) is 0.789. The minimum Gasteiger partial charge on any atom is -0.309 e. The average Bonchev–Trinajstić information content (AvgIpc) is 3.03. The Bertz CT molecular complexity index is 437. The number of nitrogens with one attached hydrogen (secondary N) is 1. The van der Waals surface area contributed by atoms with Gasteiger partial charge in [-0.25, -0.2) is 0 Å². The number of likely N-dealkylation sites (tertiary alicyclic amines) is 1. The minimum absolute atomic E-state index is 0.192. The van der Waals surface area contributed by atoms with Crippen LogP contribution < -0.4 is 5.32 Å². The molecule has 0 aliphatic carbocycles. The van der Waals surface area contributed by atoms with Crippen LogP contribution in [0.3, 0.4) is 0 Å². The second-order valence-electron chi connectivity index (χ2n) is 6.05. The highest BCUT2D eigenvalue weighted by atomic mass is 35.5. The molecule has 118 valence electrons. The zero-order valence-electron chi connectivity index (χ0n) is 13.7. The molecule has 3 heteroatoms. The van der Waals surface area contributed by atoms with E-state index in [1.165, 1.54) is 31.5 Å². The number of likely N-dealkylation sites (N-methyl/N-ethyl adjacent to an activating group) is 1. The van der Waals surface area contributed by atoms with Crippen molar-refractivity contribution in [2.45, 2.75) is 58.0 Å². The Balaban J connectivity index is 2.40. The van der Waals surface area contributed by atoms with Crippen molar-refractivity contribution in [2.75, 3.05) is 19.6 Å². The minimum atomic E-state index is 0.192. The van der Waals surface area contributed by atoms with Crippen LogP contribution in [-0.2, 0) is 0 Å². The standard InChI is InChI=1S/C18H29ClN2/c1-4-18(5-2,21-12-7-8-13-21)17(20-6-3)15-10-9-11-16(19)14-15/h9-11,14,17,20H,4-8,12-13H2,1-3H3. The van der Waals surface area contributed by atoms with Gasteiger partial charge in [0.2, 0.25) is 0 Å². The first-order chi connectivity index (χ1) is 10.2. The van der Waals surface area contributed by atoms with E-state index in [9.17, 15) is 0 Å². The molecular formula is C18H29ClN2. The number of benzene rings is 1. The fourth-order valence-corrected chi connectivity index (χ4v) is 4.16. The lowest BCUT2D eigenvalue weighted by Crippen LogP contribution is -2.55. The summed E-state index contributed by atoms with van der Waals surface area (Å²) in [5, 5.41) is 4.58. The smallest absolute Gasteiger partial charge is 0.0507 e. The normalized spacial score (nSPS) is 18.1. The summed E-state index contributed by atoms with van der Waals surface area (Å²) < 4.78 is 0. The van der Waals surface area contributed by atoms with Gasteiger partial charge in [-0.1, -0.05) is 44.5 Å². The van der Waals surface area contributed by atoms with Gasteiger partial charge < -0.3 is 5.32 Å². The van der Waals surface area contributed by atoms with Gasteiger partial charge in [0.25, 0.3) is 0 Å². The fraction of sp³-hybridized carbons (Fsp3) is 0.667. The molecule has 1 unspecified atom stereocenters. The number of rotatable bonds is 7. The Labute approximate surface area is 134 Å². The fourth-order valence-electron chi connectivity index (χ4n) is 3.96. The van der Waals surface area contributed by atoms with Crippen molar-refractivity contribution >= 4 is 11.6 Å². The molecule has 21 heavy (non-hydrogen) atoms. The Hall–Kier alpha value is -0.570. The van der Waals surface area contributed by atoms with Crippen LogP contribution in [0, 0.1) is 0 Å². The molecule has 0 radical (unpaired) electrons. The molecule has 1 aliphatic rings. The summed E-state index contributed by atoms with van der Waals surface area (Å²) in [6, 6.07) is 8.72. The molecular weight excluding hydrogens is 280 g/mol. The number of hydrogen-bond donors (Lipinski definition) is 1. The van der Waals surface area contributed by atoms with Crippen LogP contribution in [0.4, 0.5) is 0 Å². The van der Waals surface area contributed by atoms with Crippen molar-refractivity contribution in [3.05, 3.63) is 34.9 Å². The Morgan fingerprint density at radius 2 is 1.86 bits per heavy atom. The van der Waals surface area contributed by atoms with E-state index in [1.807, 2.05) is 6.07 Å². The zero-order chi connectivity index (χ0) is 15.3. The van der Waals surface area contributed by atoms with Gasteiger partial charge in [-0.05, 0) is 63.0 Å². The third-order valence-corrected chi connectivity index (χ3v) is 5.32. The lowest BCUT2D eigenvalue weighted by molar-refractivity contribution is 0.0623. The van der Waals surface area contributed by atoms with Gasteiger partial charge in [0.1, 0.15) is 0 Å². The Morgan fingerprint density at radius 3 is 2.38 bits per heavy atom. The maximum Gasteiger partial charge on any atom is 0.0507 e. The maximum absolute atomic E-state index is 6.24. The summed E-state index contributed by atoms with van der Waals surface area (Å²) in [6.07, 6.45) is 4.98. The Morgan fingerprint density at radius 1 is 1.19 bits per heavy atom. The molecule has 1 heterocycles. The van der Waals surface area contributed by atoms with Crippen LogP contribution in [-0.4, -0.2) is 30.1 Å². The van der Waals surface area contributed by atoms with Gasteiger partial charge in [-0.3, -0.25) is 4.90 Å². The highest BCUT2D eigenvalue weighted by molar-refractivity contribution is 6.30. The zero-order valence-corrected chi connectivity index (χ0v) is 14.4. The van der Waals surface area contributed by atoms with Crippen LogP contribution in [0.2, 0.25) is 5.02 Å². The first-order valence-electron chi connectivity index (χ1n) is 8.41. The summed E-state index contributed by atoms with van der Waals surface area (Å²) >= 11 is 6.24. The third-order valence-electron chi connectivity index (χ3n) is 5.09. The van der Waals surface area contributed by atoms with Crippen molar-refractivity contribution in [1.29, 1.82) is 0 Å². The molecule has 0 aromatic heterocycles. The molecule has 0 spiro atoms. The molecule has 0 saturated carbocycles. The van der Waals surface area contributed by atoms with Gasteiger partial charge in [0.05, 0.1) is 6.04 Å². The molecule has 1 saturated heterocycles. The van der Waals surface area contributed by atoms with Crippen LogP contribution in [0.5, 0.6) is 0 Å². The molecule has 1 aromatic carbocycles. The van der Waals surface area contributed by atoms with Crippen LogP contribution in [0.25, 0.3) is 0 Å². The van der Waals surface area contributed by atoms with Crippen LogP contribution >= 0.6 is 11.6 Å². The summed E-state index contributed by atoms with van der Waals surface area (Å²) in [5.74, 6) is 0. The molecule has 1 aliphatic heterocycles. The number of hydrogen-bond acceptors (Lipinski definition) is 2. The summed E-state index contributed by atoms with van der Waals surface area (Å²) in [5.41, 5.74) is 1.51. The summed E-state index contributed by atoms with van der Waals surface area (Å²) in [7, 11) is 0. The second kappa shape index (κ2) is 7.62. The predicted octanol–water partition coefficient (Wildman–Crippen LogP) is 4.65.